The summed E-state index contributed by atoms with van der Waals surface area (Å²) in [6.07, 6.45) is 1.51. The first-order valence-corrected chi connectivity index (χ1v) is 9.03. The first kappa shape index (κ1) is 18.0. The number of anilines is 3. The third-order valence-corrected chi connectivity index (χ3v) is 4.39. The minimum atomic E-state index is -0.529. The lowest BCUT2D eigenvalue weighted by Gasteiger charge is -2.09. The van der Waals surface area contributed by atoms with Gasteiger partial charge in [-0.25, -0.2) is 14.0 Å². The maximum absolute atomic E-state index is 13.4. The first-order valence-electron chi connectivity index (χ1n) is 8.66. The molecule has 0 bridgehead atoms. The molecule has 0 aliphatic carbocycles. The summed E-state index contributed by atoms with van der Waals surface area (Å²) in [7, 11) is 0. The van der Waals surface area contributed by atoms with Gasteiger partial charge in [-0.15, -0.1) is 0 Å². The van der Waals surface area contributed by atoms with Crippen LogP contribution in [0.3, 0.4) is 0 Å². The molecule has 3 aromatic heterocycles. The summed E-state index contributed by atoms with van der Waals surface area (Å²) < 4.78 is 23.8. The van der Waals surface area contributed by atoms with Crippen molar-refractivity contribution >= 4 is 57.4 Å². The number of halogens is 2. The van der Waals surface area contributed by atoms with Crippen LogP contribution in [-0.4, -0.2) is 26.5 Å². The van der Waals surface area contributed by atoms with Gasteiger partial charge in [0.2, 0.25) is 11.3 Å². The quantitative estimate of drug-likeness (QED) is 0.307. The number of hydrazone groups is 1. The second-order valence-corrected chi connectivity index (χ2v) is 6.55. The van der Waals surface area contributed by atoms with Crippen LogP contribution in [0.25, 0.3) is 22.3 Å². The van der Waals surface area contributed by atoms with Gasteiger partial charge in [-0.2, -0.15) is 10.1 Å². The van der Waals surface area contributed by atoms with Gasteiger partial charge in [0, 0.05) is 11.1 Å². The first-order chi connectivity index (χ1) is 14.7. The highest BCUT2D eigenvalue weighted by atomic mass is 35.5. The number of hydrogen-bond acceptors (Lipinski definition) is 9. The molecule has 0 amide bonds. The van der Waals surface area contributed by atoms with E-state index >= 15 is 0 Å². The summed E-state index contributed by atoms with van der Waals surface area (Å²) in [5.74, 6) is 0.535. The number of benzene rings is 2. The van der Waals surface area contributed by atoms with E-state index in [9.17, 15) is 4.39 Å². The van der Waals surface area contributed by atoms with Crippen molar-refractivity contribution in [1.82, 2.24) is 20.3 Å². The molecule has 11 heteroatoms. The molecule has 9 nitrogen and oxygen atoms in total. The lowest BCUT2D eigenvalue weighted by atomic mass is 10.2. The second kappa shape index (κ2) is 7.41. The van der Waals surface area contributed by atoms with Crippen molar-refractivity contribution in [3.05, 3.63) is 65.1 Å². The molecule has 0 aliphatic heterocycles. The number of fused-ring (bicyclic) bond motifs is 2. The molecule has 2 aromatic carbocycles. The van der Waals surface area contributed by atoms with Crippen LogP contribution in [0.1, 0.15) is 5.76 Å². The van der Waals surface area contributed by atoms with E-state index < -0.39 is 5.82 Å². The largest absolute Gasteiger partial charge is 0.455 e. The number of furan rings is 1. The minimum Gasteiger partial charge on any atom is -0.455 e. The van der Waals surface area contributed by atoms with E-state index in [0.717, 1.165) is 11.0 Å². The molecule has 0 unspecified atom stereocenters. The molecule has 30 heavy (non-hydrogen) atoms. The highest BCUT2D eigenvalue weighted by molar-refractivity contribution is 6.31. The molecular weight excluding hydrogens is 413 g/mol. The van der Waals surface area contributed by atoms with Crippen LogP contribution >= 0.6 is 11.6 Å². The Balaban J connectivity index is 1.44. The number of rotatable bonds is 5. The molecule has 3 heterocycles. The van der Waals surface area contributed by atoms with Gasteiger partial charge in [-0.1, -0.05) is 29.8 Å². The maximum Gasteiger partial charge on any atom is 0.245 e. The number of nitrogens with zero attached hydrogens (tertiary/aromatic N) is 5. The fourth-order valence-electron chi connectivity index (χ4n) is 2.74. The van der Waals surface area contributed by atoms with Crippen LogP contribution in [0.4, 0.5) is 21.7 Å². The van der Waals surface area contributed by atoms with E-state index in [1.807, 2.05) is 30.3 Å². The average Bonchev–Trinajstić information content (AvgIpc) is 3.36. The standard InChI is InChI=1S/C19H11ClFN7O2/c20-13-8-11(5-6-14(13)21)23-16-17(25-19-18(24-16)27-30-28-19)26-22-9-12-7-10-3-1-2-4-15(10)29-12/h1-9H,(H,23,24,27)(H,25,26,28)/b22-9+. The number of aromatic nitrogens is 4. The van der Waals surface area contributed by atoms with Gasteiger partial charge in [0.25, 0.3) is 0 Å². The highest BCUT2D eigenvalue weighted by Gasteiger charge is 2.13. The Kier molecular flexibility index (Phi) is 4.45. The molecule has 0 atom stereocenters. The Hall–Kier alpha value is -4.05. The van der Waals surface area contributed by atoms with Crippen LogP contribution in [-0.2, 0) is 0 Å². The van der Waals surface area contributed by atoms with Crippen molar-refractivity contribution in [2.24, 2.45) is 5.10 Å². The predicted molar refractivity (Wildman–Crippen MR) is 110 cm³/mol. The number of nitrogens with one attached hydrogen (secondary N) is 2. The molecule has 0 saturated carbocycles. The van der Waals surface area contributed by atoms with E-state index in [-0.39, 0.29) is 28.0 Å². The van der Waals surface area contributed by atoms with Gasteiger partial charge in [0.15, 0.2) is 11.6 Å². The van der Waals surface area contributed by atoms with Crippen molar-refractivity contribution in [1.29, 1.82) is 0 Å². The molecule has 0 radical (unpaired) electrons. The lowest BCUT2D eigenvalue weighted by Crippen LogP contribution is -2.03. The molecule has 0 saturated heterocycles. The van der Waals surface area contributed by atoms with E-state index in [1.54, 1.807) is 0 Å². The molecule has 0 spiro atoms. The van der Waals surface area contributed by atoms with Crippen molar-refractivity contribution in [2.45, 2.75) is 0 Å². The molecule has 5 rings (SSSR count). The van der Waals surface area contributed by atoms with Gasteiger partial charge in [-0.05, 0) is 40.6 Å². The fraction of sp³-hybridized carbons (Fsp3) is 0. The zero-order chi connectivity index (χ0) is 20.5. The van der Waals surface area contributed by atoms with Gasteiger partial charge >= 0.3 is 0 Å². The molecular formula is C19H11ClFN7O2. The smallest absolute Gasteiger partial charge is 0.245 e. The fourth-order valence-corrected chi connectivity index (χ4v) is 2.92. The third-order valence-electron chi connectivity index (χ3n) is 4.10. The van der Waals surface area contributed by atoms with Crippen LogP contribution in [0.15, 0.2) is 62.7 Å². The topological polar surface area (TPSA) is 114 Å². The Morgan fingerprint density at radius 2 is 1.80 bits per heavy atom. The molecule has 148 valence electrons. The van der Waals surface area contributed by atoms with Crippen LogP contribution in [0.2, 0.25) is 5.02 Å². The minimum absolute atomic E-state index is 0.0328. The summed E-state index contributed by atoms with van der Waals surface area (Å²) in [6.45, 7) is 0. The Morgan fingerprint density at radius 3 is 2.60 bits per heavy atom. The Bertz CT molecular complexity index is 1370. The molecule has 0 aliphatic rings. The SMILES string of the molecule is Fc1ccc(Nc2nc3nonc3nc2N/N=C/c2cc3ccccc3o2)cc1Cl. The van der Waals surface area contributed by atoms with Gasteiger partial charge < -0.3 is 9.73 Å². The van der Waals surface area contributed by atoms with E-state index in [2.05, 4.69) is 40.8 Å². The van der Waals surface area contributed by atoms with Crippen molar-refractivity contribution in [3.8, 4) is 0 Å². The molecule has 0 fully saturated rings. The monoisotopic (exact) mass is 423 g/mol. The summed E-state index contributed by atoms with van der Waals surface area (Å²) >= 11 is 5.84. The Labute approximate surface area is 172 Å². The van der Waals surface area contributed by atoms with Crippen molar-refractivity contribution in [2.75, 3.05) is 10.7 Å². The zero-order valence-corrected chi connectivity index (χ0v) is 15.8. The van der Waals surface area contributed by atoms with Gasteiger partial charge in [-0.3, -0.25) is 5.43 Å². The van der Waals surface area contributed by atoms with Crippen molar-refractivity contribution in [3.63, 3.8) is 0 Å². The maximum atomic E-state index is 13.4. The van der Waals surface area contributed by atoms with Gasteiger partial charge in [0.05, 0.1) is 11.2 Å². The highest BCUT2D eigenvalue weighted by Crippen LogP contribution is 2.26. The average molecular weight is 424 g/mol. The van der Waals surface area contributed by atoms with Crippen LogP contribution in [0.5, 0.6) is 0 Å². The lowest BCUT2D eigenvalue weighted by molar-refractivity contribution is 0.314. The summed E-state index contributed by atoms with van der Waals surface area (Å²) in [6, 6.07) is 13.6. The summed E-state index contributed by atoms with van der Waals surface area (Å²) in [4.78, 5) is 8.60. The predicted octanol–water partition coefficient (Wildman–Crippen LogP) is 4.74. The normalized spacial score (nSPS) is 11.5. The molecule has 2 N–H and O–H groups in total. The molecule has 5 aromatic rings. The van der Waals surface area contributed by atoms with E-state index in [0.29, 0.717) is 11.4 Å². The van der Waals surface area contributed by atoms with Gasteiger partial charge in [0.1, 0.15) is 17.2 Å². The van der Waals surface area contributed by atoms with E-state index in [1.165, 1.54) is 24.4 Å². The Morgan fingerprint density at radius 1 is 1.00 bits per heavy atom. The summed E-state index contributed by atoms with van der Waals surface area (Å²) in [5, 5.41) is 15.4. The third kappa shape index (κ3) is 3.51. The zero-order valence-electron chi connectivity index (χ0n) is 15.0. The number of hydrogen-bond donors (Lipinski definition) is 2. The van der Waals surface area contributed by atoms with E-state index in [4.69, 9.17) is 16.0 Å². The van der Waals surface area contributed by atoms with Crippen LogP contribution < -0.4 is 10.7 Å². The summed E-state index contributed by atoms with van der Waals surface area (Å²) in [5.41, 5.74) is 4.43. The van der Waals surface area contributed by atoms with Crippen LogP contribution in [0, 0.1) is 5.82 Å². The number of para-hydroxylation sites is 1. The van der Waals surface area contributed by atoms with Crippen molar-refractivity contribution < 1.29 is 13.4 Å². The second-order valence-electron chi connectivity index (χ2n) is 6.14.